The zero-order valence-corrected chi connectivity index (χ0v) is 11.5. The van der Waals surface area contributed by atoms with Gasteiger partial charge in [0.2, 0.25) is 0 Å². The Balaban J connectivity index is 2.63. The number of hydrogen-bond acceptors (Lipinski definition) is 2. The molecule has 0 radical (unpaired) electrons. The zero-order chi connectivity index (χ0) is 13.8. The maximum absolute atomic E-state index is 11.9. The third-order valence-electron chi connectivity index (χ3n) is 3.21. The van der Waals surface area contributed by atoms with Gasteiger partial charge in [-0.1, -0.05) is 56.3 Å². The Labute approximate surface area is 114 Å². The van der Waals surface area contributed by atoms with Gasteiger partial charge in [-0.2, -0.15) is 0 Å². The molecule has 0 atom stereocenters. The summed E-state index contributed by atoms with van der Waals surface area (Å²) >= 11 is 0. The number of methoxy groups -OCH3 is 1. The Bertz CT molecular complexity index is 585. The van der Waals surface area contributed by atoms with Crippen LogP contribution in [0.2, 0.25) is 0 Å². The lowest BCUT2D eigenvalue weighted by Gasteiger charge is -2.15. The van der Waals surface area contributed by atoms with Crippen LogP contribution >= 0.6 is 0 Å². The highest BCUT2D eigenvalue weighted by Crippen LogP contribution is 2.31. The van der Waals surface area contributed by atoms with Gasteiger partial charge in [-0.25, -0.2) is 4.79 Å². The van der Waals surface area contributed by atoms with Crippen LogP contribution in [0.15, 0.2) is 48.5 Å². The van der Waals surface area contributed by atoms with Crippen LogP contribution in [-0.4, -0.2) is 13.1 Å². The molecule has 98 valence electrons. The summed E-state index contributed by atoms with van der Waals surface area (Å²) in [6.07, 6.45) is 0. The number of carbonyl (C=O) groups is 1. The minimum absolute atomic E-state index is 0.297. The smallest absolute Gasteiger partial charge is 0.338 e. The molecule has 0 unspecified atom stereocenters. The zero-order valence-electron chi connectivity index (χ0n) is 11.5. The van der Waals surface area contributed by atoms with Crippen molar-refractivity contribution in [1.82, 2.24) is 0 Å². The van der Waals surface area contributed by atoms with Crippen LogP contribution in [0.25, 0.3) is 11.1 Å². The maximum atomic E-state index is 11.9. The van der Waals surface area contributed by atoms with Gasteiger partial charge >= 0.3 is 5.97 Å². The van der Waals surface area contributed by atoms with Crippen LogP contribution in [0.3, 0.4) is 0 Å². The predicted octanol–water partition coefficient (Wildman–Crippen LogP) is 4.26. The summed E-state index contributed by atoms with van der Waals surface area (Å²) in [5.41, 5.74) is 3.87. The van der Waals surface area contributed by atoms with Gasteiger partial charge in [-0.3, -0.25) is 0 Å². The third-order valence-corrected chi connectivity index (χ3v) is 3.21. The molecule has 2 nitrogen and oxygen atoms in total. The summed E-state index contributed by atoms with van der Waals surface area (Å²) in [6, 6.07) is 15.7. The molecule has 0 saturated heterocycles. The fraction of sp³-hybridized carbons (Fsp3) is 0.235. The second-order valence-electron chi connectivity index (χ2n) is 4.78. The molecule has 0 aliphatic heterocycles. The number of ether oxygens (including phenoxy) is 1. The first-order valence-corrected chi connectivity index (χ1v) is 6.41. The molecule has 2 aromatic rings. The summed E-state index contributed by atoms with van der Waals surface area (Å²) in [4.78, 5) is 11.9. The monoisotopic (exact) mass is 254 g/mol. The highest BCUT2D eigenvalue weighted by Gasteiger charge is 2.15. The SMILES string of the molecule is COC(=O)c1ccccc1-c1ccccc1C(C)C. The van der Waals surface area contributed by atoms with Crippen molar-refractivity contribution >= 4 is 5.97 Å². The molecule has 0 amide bonds. The minimum atomic E-state index is -0.297. The van der Waals surface area contributed by atoms with Crippen LogP contribution in [0.4, 0.5) is 0 Å². The van der Waals surface area contributed by atoms with E-state index in [0.29, 0.717) is 11.5 Å². The highest BCUT2D eigenvalue weighted by atomic mass is 16.5. The molecular formula is C17H18O2. The molecule has 0 saturated carbocycles. The van der Waals surface area contributed by atoms with Crippen LogP contribution < -0.4 is 0 Å². The molecule has 0 N–H and O–H groups in total. The Morgan fingerprint density at radius 1 is 0.947 bits per heavy atom. The van der Waals surface area contributed by atoms with E-state index in [4.69, 9.17) is 4.74 Å². The number of esters is 1. The molecule has 19 heavy (non-hydrogen) atoms. The van der Waals surface area contributed by atoms with Crippen molar-refractivity contribution < 1.29 is 9.53 Å². The topological polar surface area (TPSA) is 26.3 Å². The van der Waals surface area contributed by atoms with Gasteiger partial charge < -0.3 is 4.74 Å². The summed E-state index contributed by atoms with van der Waals surface area (Å²) in [5, 5.41) is 0. The van der Waals surface area contributed by atoms with E-state index >= 15 is 0 Å². The molecule has 0 spiro atoms. The van der Waals surface area contributed by atoms with E-state index in [0.717, 1.165) is 11.1 Å². The van der Waals surface area contributed by atoms with Gasteiger partial charge in [0.25, 0.3) is 0 Å². The molecule has 0 heterocycles. The van der Waals surface area contributed by atoms with Gasteiger partial charge in [0.1, 0.15) is 0 Å². The van der Waals surface area contributed by atoms with E-state index in [1.807, 2.05) is 30.3 Å². The van der Waals surface area contributed by atoms with Crippen LogP contribution in [-0.2, 0) is 4.74 Å². The molecule has 0 aliphatic carbocycles. The number of carbonyl (C=O) groups excluding carboxylic acids is 1. The number of benzene rings is 2. The van der Waals surface area contributed by atoms with Crippen molar-refractivity contribution in [1.29, 1.82) is 0 Å². The molecule has 2 heteroatoms. The molecular weight excluding hydrogens is 236 g/mol. The largest absolute Gasteiger partial charge is 0.465 e. The Kier molecular flexibility index (Phi) is 4.00. The second-order valence-corrected chi connectivity index (χ2v) is 4.78. The van der Waals surface area contributed by atoms with Crippen molar-refractivity contribution in [3.05, 3.63) is 59.7 Å². The summed E-state index contributed by atoms with van der Waals surface area (Å²) in [5.74, 6) is 0.107. The molecule has 0 fully saturated rings. The average molecular weight is 254 g/mol. The first kappa shape index (κ1) is 13.3. The predicted molar refractivity (Wildman–Crippen MR) is 77.3 cm³/mol. The maximum Gasteiger partial charge on any atom is 0.338 e. The van der Waals surface area contributed by atoms with Crippen LogP contribution in [0.5, 0.6) is 0 Å². The molecule has 0 bridgehead atoms. The lowest BCUT2D eigenvalue weighted by Crippen LogP contribution is -2.04. The molecule has 2 rings (SSSR count). The summed E-state index contributed by atoms with van der Waals surface area (Å²) in [7, 11) is 1.41. The molecule has 0 aromatic heterocycles. The van der Waals surface area contributed by atoms with Crippen molar-refractivity contribution in [2.45, 2.75) is 19.8 Å². The van der Waals surface area contributed by atoms with Gasteiger partial charge in [-0.15, -0.1) is 0 Å². The Morgan fingerprint density at radius 2 is 1.53 bits per heavy atom. The fourth-order valence-corrected chi connectivity index (χ4v) is 2.25. The molecule has 0 aliphatic rings. The highest BCUT2D eigenvalue weighted by molar-refractivity contribution is 5.97. The first-order chi connectivity index (χ1) is 9.15. The van der Waals surface area contributed by atoms with Crippen molar-refractivity contribution in [2.24, 2.45) is 0 Å². The fourth-order valence-electron chi connectivity index (χ4n) is 2.25. The van der Waals surface area contributed by atoms with E-state index < -0.39 is 0 Å². The van der Waals surface area contributed by atoms with Crippen molar-refractivity contribution in [3.8, 4) is 11.1 Å². The van der Waals surface area contributed by atoms with Crippen molar-refractivity contribution in [2.75, 3.05) is 7.11 Å². The van der Waals surface area contributed by atoms with E-state index in [2.05, 4.69) is 26.0 Å². The van der Waals surface area contributed by atoms with E-state index in [1.165, 1.54) is 12.7 Å². The van der Waals surface area contributed by atoms with Gasteiger partial charge in [0, 0.05) is 0 Å². The number of hydrogen-bond donors (Lipinski definition) is 0. The average Bonchev–Trinajstić information content (AvgIpc) is 2.46. The van der Waals surface area contributed by atoms with Gasteiger partial charge in [0.05, 0.1) is 12.7 Å². The summed E-state index contributed by atoms with van der Waals surface area (Å²) in [6.45, 7) is 4.30. The Morgan fingerprint density at radius 3 is 2.16 bits per heavy atom. The van der Waals surface area contributed by atoms with Gasteiger partial charge in [-0.05, 0) is 28.7 Å². The van der Waals surface area contributed by atoms with Crippen molar-refractivity contribution in [3.63, 3.8) is 0 Å². The third kappa shape index (κ3) is 2.68. The van der Waals surface area contributed by atoms with Crippen LogP contribution in [0, 0.1) is 0 Å². The van der Waals surface area contributed by atoms with E-state index in [-0.39, 0.29) is 5.97 Å². The van der Waals surface area contributed by atoms with Gasteiger partial charge in [0.15, 0.2) is 0 Å². The van der Waals surface area contributed by atoms with Crippen LogP contribution in [0.1, 0.15) is 35.7 Å². The quantitative estimate of drug-likeness (QED) is 0.765. The Hall–Kier alpha value is -2.09. The lowest BCUT2D eigenvalue weighted by atomic mass is 9.90. The van der Waals surface area contributed by atoms with E-state index in [1.54, 1.807) is 6.07 Å². The summed E-state index contributed by atoms with van der Waals surface area (Å²) < 4.78 is 4.86. The normalized spacial score (nSPS) is 10.5. The molecule has 2 aromatic carbocycles. The van der Waals surface area contributed by atoms with E-state index in [9.17, 15) is 4.79 Å². The second kappa shape index (κ2) is 5.70. The number of rotatable bonds is 3. The lowest BCUT2D eigenvalue weighted by molar-refractivity contribution is 0.0601. The minimum Gasteiger partial charge on any atom is -0.465 e. The first-order valence-electron chi connectivity index (χ1n) is 6.41. The standard InChI is InChI=1S/C17H18O2/c1-12(2)13-8-4-5-9-14(13)15-10-6-7-11-16(15)17(18)19-3/h4-12H,1-3H3.